The van der Waals surface area contributed by atoms with E-state index < -0.39 is 29.4 Å². The molecule has 1 amide bonds. The molecule has 0 saturated carbocycles. The van der Waals surface area contributed by atoms with Gasteiger partial charge in [0.15, 0.2) is 0 Å². The number of ketones is 2. The highest BCUT2D eigenvalue weighted by Gasteiger charge is 2.42. The molecule has 0 radical (unpaired) electrons. The molecule has 1 rings (SSSR count). The summed E-state index contributed by atoms with van der Waals surface area (Å²) in [5, 5.41) is 0. The summed E-state index contributed by atoms with van der Waals surface area (Å²) < 4.78 is 9.90. The van der Waals surface area contributed by atoms with Crippen LogP contribution in [0.4, 0.5) is 4.79 Å². The number of likely N-dealkylation sites (tertiary alicyclic amines) is 1. The van der Waals surface area contributed by atoms with Crippen LogP contribution in [0.1, 0.15) is 41.0 Å². The molecule has 1 aliphatic heterocycles. The molecule has 7 nitrogen and oxygen atoms in total. The van der Waals surface area contributed by atoms with Crippen molar-refractivity contribution in [2.45, 2.75) is 52.7 Å². The highest BCUT2D eigenvalue weighted by atomic mass is 16.6. The Morgan fingerprint density at radius 3 is 2.36 bits per heavy atom. The van der Waals surface area contributed by atoms with Gasteiger partial charge in [0.05, 0.1) is 6.61 Å². The summed E-state index contributed by atoms with van der Waals surface area (Å²) in [7, 11) is 0. The van der Waals surface area contributed by atoms with Gasteiger partial charge in [-0.1, -0.05) is 0 Å². The Hall–Kier alpha value is -1.92. The van der Waals surface area contributed by atoms with Crippen LogP contribution in [0.3, 0.4) is 0 Å². The van der Waals surface area contributed by atoms with E-state index in [0.29, 0.717) is 0 Å². The Morgan fingerprint density at radius 2 is 1.86 bits per heavy atom. The van der Waals surface area contributed by atoms with Crippen LogP contribution in [-0.4, -0.2) is 53.3 Å². The van der Waals surface area contributed by atoms with E-state index in [0.717, 1.165) is 0 Å². The SMILES string of the molecule is CCOC(=O)C(=O)[C@@H]1CN(C(=O)OC(C)(C)C)[C@@H](C)CC1=O. The standard InChI is InChI=1S/C15H23NO6/c1-6-21-13(19)12(18)10-8-16(9(2)7-11(10)17)14(20)22-15(3,4)5/h9-10H,6-8H2,1-5H3/t9-,10+/m0/s1. The van der Waals surface area contributed by atoms with Crippen molar-refractivity contribution in [3.8, 4) is 0 Å². The first-order valence-electron chi connectivity index (χ1n) is 7.30. The first-order chi connectivity index (χ1) is 10.1. The number of amides is 1. The summed E-state index contributed by atoms with van der Waals surface area (Å²) in [5.41, 5.74) is -0.682. The summed E-state index contributed by atoms with van der Waals surface area (Å²) >= 11 is 0. The van der Waals surface area contributed by atoms with Crippen LogP contribution in [-0.2, 0) is 23.9 Å². The summed E-state index contributed by atoms with van der Waals surface area (Å²) in [6.07, 6.45) is -0.594. The Labute approximate surface area is 129 Å². The molecule has 1 aliphatic rings. The molecular weight excluding hydrogens is 290 g/mol. The normalized spacial score (nSPS) is 22.2. The van der Waals surface area contributed by atoms with Gasteiger partial charge in [0.2, 0.25) is 0 Å². The van der Waals surface area contributed by atoms with Crippen molar-refractivity contribution in [2.75, 3.05) is 13.2 Å². The van der Waals surface area contributed by atoms with E-state index in [1.165, 1.54) is 4.90 Å². The number of piperidine rings is 1. The van der Waals surface area contributed by atoms with Crippen LogP contribution in [0.5, 0.6) is 0 Å². The number of hydrogen-bond acceptors (Lipinski definition) is 6. The second-order valence-electron chi connectivity index (χ2n) is 6.29. The van der Waals surface area contributed by atoms with Gasteiger partial charge in [-0.15, -0.1) is 0 Å². The molecular formula is C15H23NO6. The second kappa shape index (κ2) is 6.89. The van der Waals surface area contributed by atoms with E-state index in [1.54, 1.807) is 34.6 Å². The van der Waals surface area contributed by atoms with Crippen LogP contribution >= 0.6 is 0 Å². The molecule has 22 heavy (non-hydrogen) atoms. The number of esters is 1. The largest absolute Gasteiger partial charge is 0.460 e. The summed E-state index contributed by atoms with van der Waals surface area (Å²) in [6.45, 7) is 8.35. The zero-order valence-electron chi connectivity index (χ0n) is 13.7. The van der Waals surface area contributed by atoms with E-state index in [9.17, 15) is 19.2 Å². The number of Topliss-reactive ketones (excluding diaryl/α,β-unsaturated/α-hetero) is 2. The van der Waals surface area contributed by atoms with Crippen molar-refractivity contribution in [2.24, 2.45) is 5.92 Å². The average molecular weight is 313 g/mol. The van der Waals surface area contributed by atoms with Gasteiger partial charge in [0.1, 0.15) is 17.3 Å². The molecule has 0 aromatic carbocycles. The highest BCUT2D eigenvalue weighted by Crippen LogP contribution is 2.22. The number of hydrogen-bond donors (Lipinski definition) is 0. The molecule has 124 valence electrons. The summed E-state index contributed by atoms with van der Waals surface area (Å²) in [4.78, 5) is 49.0. The quantitative estimate of drug-likeness (QED) is 0.443. The maximum atomic E-state index is 12.2. The van der Waals surface area contributed by atoms with Crippen molar-refractivity contribution in [1.29, 1.82) is 0 Å². The third kappa shape index (κ3) is 4.54. The molecule has 0 aromatic rings. The van der Waals surface area contributed by atoms with Gasteiger partial charge in [-0.25, -0.2) is 9.59 Å². The Balaban J connectivity index is 2.86. The summed E-state index contributed by atoms with van der Waals surface area (Å²) in [5.74, 6) is -3.49. The zero-order valence-corrected chi connectivity index (χ0v) is 13.7. The minimum atomic E-state index is -1.18. The van der Waals surface area contributed by atoms with Crippen molar-refractivity contribution < 1.29 is 28.7 Å². The minimum absolute atomic E-state index is 0.00898. The van der Waals surface area contributed by atoms with E-state index in [1.807, 2.05) is 0 Å². The fourth-order valence-electron chi connectivity index (χ4n) is 2.17. The third-order valence-electron chi connectivity index (χ3n) is 3.22. The lowest BCUT2D eigenvalue weighted by molar-refractivity contribution is -0.158. The van der Waals surface area contributed by atoms with Gasteiger partial charge in [-0.3, -0.25) is 9.59 Å². The Kier molecular flexibility index (Phi) is 5.68. The van der Waals surface area contributed by atoms with Crippen LogP contribution < -0.4 is 0 Å². The summed E-state index contributed by atoms with van der Waals surface area (Å²) in [6, 6.07) is -0.381. The maximum Gasteiger partial charge on any atom is 0.410 e. The second-order valence-corrected chi connectivity index (χ2v) is 6.29. The molecule has 0 N–H and O–H groups in total. The van der Waals surface area contributed by atoms with Gasteiger partial charge in [0.25, 0.3) is 5.78 Å². The lowest BCUT2D eigenvalue weighted by Gasteiger charge is -2.37. The van der Waals surface area contributed by atoms with Crippen LogP contribution in [0.15, 0.2) is 0 Å². The topological polar surface area (TPSA) is 90.0 Å². The molecule has 0 aliphatic carbocycles. The van der Waals surface area contributed by atoms with Crippen LogP contribution in [0.2, 0.25) is 0 Å². The van der Waals surface area contributed by atoms with Crippen LogP contribution in [0, 0.1) is 5.92 Å². The number of rotatable bonds is 3. The number of nitrogens with zero attached hydrogens (tertiary/aromatic N) is 1. The number of ether oxygens (including phenoxy) is 2. The van der Waals surface area contributed by atoms with Crippen molar-refractivity contribution in [1.82, 2.24) is 4.90 Å². The predicted molar refractivity (Wildman–Crippen MR) is 77.2 cm³/mol. The molecule has 0 unspecified atom stereocenters. The molecule has 1 fully saturated rings. The Bertz CT molecular complexity index is 479. The molecule has 0 spiro atoms. The van der Waals surface area contributed by atoms with Crippen molar-refractivity contribution >= 4 is 23.6 Å². The molecule has 0 bridgehead atoms. The maximum absolute atomic E-state index is 12.2. The highest BCUT2D eigenvalue weighted by molar-refractivity contribution is 6.38. The molecule has 0 aromatic heterocycles. The van der Waals surface area contributed by atoms with Crippen LogP contribution in [0.25, 0.3) is 0 Å². The average Bonchev–Trinajstić information content (AvgIpc) is 2.36. The smallest absolute Gasteiger partial charge is 0.410 e. The first kappa shape index (κ1) is 18.1. The van der Waals surface area contributed by atoms with E-state index in [-0.39, 0.29) is 31.4 Å². The lowest BCUT2D eigenvalue weighted by atomic mass is 9.89. The van der Waals surface area contributed by atoms with Gasteiger partial charge in [-0.05, 0) is 34.6 Å². The Morgan fingerprint density at radius 1 is 1.27 bits per heavy atom. The van der Waals surface area contributed by atoms with E-state index >= 15 is 0 Å². The minimum Gasteiger partial charge on any atom is -0.460 e. The van der Waals surface area contributed by atoms with Gasteiger partial charge < -0.3 is 14.4 Å². The molecule has 7 heteroatoms. The zero-order chi connectivity index (χ0) is 17.1. The van der Waals surface area contributed by atoms with E-state index in [4.69, 9.17) is 4.74 Å². The first-order valence-corrected chi connectivity index (χ1v) is 7.30. The molecule has 2 atom stereocenters. The monoisotopic (exact) mass is 313 g/mol. The predicted octanol–water partition coefficient (Wildman–Crippen LogP) is 1.33. The van der Waals surface area contributed by atoms with Gasteiger partial charge in [0, 0.05) is 19.0 Å². The molecule has 1 saturated heterocycles. The van der Waals surface area contributed by atoms with Gasteiger partial charge >= 0.3 is 12.1 Å². The third-order valence-corrected chi connectivity index (χ3v) is 3.22. The fraction of sp³-hybridized carbons (Fsp3) is 0.733. The number of carbonyl (C=O) groups is 4. The van der Waals surface area contributed by atoms with Gasteiger partial charge in [-0.2, -0.15) is 0 Å². The molecule has 1 heterocycles. The van der Waals surface area contributed by atoms with Crippen molar-refractivity contribution in [3.05, 3.63) is 0 Å². The van der Waals surface area contributed by atoms with E-state index in [2.05, 4.69) is 4.74 Å². The number of carbonyl (C=O) groups excluding carboxylic acids is 4. The fourth-order valence-corrected chi connectivity index (χ4v) is 2.17. The lowest BCUT2D eigenvalue weighted by Crippen LogP contribution is -2.53. The van der Waals surface area contributed by atoms with Crippen molar-refractivity contribution in [3.63, 3.8) is 0 Å².